The van der Waals surface area contributed by atoms with Crippen LogP contribution in [0.4, 0.5) is 0 Å². The monoisotopic (exact) mass is 298 g/mol. The van der Waals surface area contributed by atoms with E-state index in [1.807, 2.05) is 30.0 Å². The van der Waals surface area contributed by atoms with Crippen LogP contribution in [0.2, 0.25) is 5.02 Å². The Hall–Kier alpha value is -0.220. The molecule has 2 nitrogen and oxygen atoms in total. The smallest absolute Gasteiger partial charge is 0.0458 e. The number of hydrogen-bond donors (Lipinski definition) is 1. The summed E-state index contributed by atoms with van der Waals surface area (Å²) < 4.78 is 0. The second-order valence-corrected chi connectivity index (χ2v) is 7.23. The predicted octanol–water partition coefficient (Wildman–Crippen LogP) is 3.56. The molecule has 0 aromatic heterocycles. The molecule has 3 unspecified atom stereocenters. The lowest BCUT2D eigenvalue weighted by atomic mass is 9.88. The highest BCUT2D eigenvalue weighted by Gasteiger charge is 2.44. The number of benzene rings is 1. The van der Waals surface area contributed by atoms with Crippen molar-refractivity contribution in [2.45, 2.75) is 37.1 Å². The Morgan fingerprint density at radius 3 is 2.74 bits per heavy atom. The molecule has 19 heavy (non-hydrogen) atoms. The van der Waals surface area contributed by atoms with E-state index < -0.39 is 0 Å². The average Bonchev–Trinajstić information content (AvgIpc) is 2.80. The van der Waals surface area contributed by atoms with Gasteiger partial charge < -0.3 is 5.73 Å². The first-order chi connectivity index (χ1) is 9.03. The number of likely N-dealkylation sites (N-methyl/N-ethyl adjacent to an activating group) is 1. The van der Waals surface area contributed by atoms with Crippen molar-refractivity contribution in [3.8, 4) is 0 Å². The van der Waals surface area contributed by atoms with Gasteiger partial charge in [-0.25, -0.2) is 0 Å². The van der Waals surface area contributed by atoms with Crippen LogP contribution in [0.3, 0.4) is 0 Å². The molecule has 0 amide bonds. The van der Waals surface area contributed by atoms with Gasteiger partial charge in [-0.2, -0.15) is 11.8 Å². The Bertz CT molecular complexity index is 440. The first-order valence-electron chi connectivity index (χ1n) is 6.82. The molecule has 2 N–H and O–H groups in total. The van der Waals surface area contributed by atoms with Gasteiger partial charge in [-0.1, -0.05) is 36.7 Å². The number of nitrogens with two attached hydrogens (primary N) is 1. The number of thioether (sulfide) groups is 1. The van der Waals surface area contributed by atoms with Crippen LogP contribution in [0.15, 0.2) is 24.3 Å². The number of rotatable bonds is 4. The normalized spacial score (nSPS) is 28.8. The predicted molar refractivity (Wildman–Crippen MR) is 86.0 cm³/mol. The van der Waals surface area contributed by atoms with Crippen LogP contribution in [0.25, 0.3) is 0 Å². The molecule has 0 spiro atoms. The molecule has 0 bridgehead atoms. The average molecular weight is 299 g/mol. The van der Waals surface area contributed by atoms with Crippen LogP contribution in [-0.2, 0) is 0 Å². The lowest BCUT2D eigenvalue weighted by Crippen LogP contribution is -2.56. The topological polar surface area (TPSA) is 29.3 Å². The molecule has 0 radical (unpaired) electrons. The van der Waals surface area contributed by atoms with E-state index in [0.717, 1.165) is 11.4 Å². The zero-order valence-corrected chi connectivity index (χ0v) is 13.5. The molecule has 1 aliphatic rings. The van der Waals surface area contributed by atoms with Crippen LogP contribution in [0.1, 0.15) is 31.9 Å². The fraction of sp³-hybridized carbons (Fsp3) is 0.600. The van der Waals surface area contributed by atoms with E-state index in [1.54, 1.807) is 0 Å². The Kier molecular flexibility index (Phi) is 4.83. The van der Waals surface area contributed by atoms with Gasteiger partial charge in [0.1, 0.15) is 0 Å². The first-order valence-corrected chi connectivity index (χ1v) is 8.24. The molecule has 2 rings (SSSR count). The minimum absolute atomic E-state index is 0.0866. The van der Waals surface area contributed by atoms with Crippen molar-refractivity contribution < 1.29 is 0 Å². The van der Waals surface area contributed by atoms with Crippen molar-refractivity contribution in [3.63, 3.8) is 0 Å². The molecule has 1 fully saturated rings. The molecule has 106 valence electrons. The van der Waals surface area contributed by atoms with Crippen LogP contribution in [-0.4, -0.2) is 35.0 Å². The third-order valence-corrected chi connectivity index (χ3v) is 6.37. The van der Waals surface area contributed by atoms with Crippen molar-refractivity contribution in [1.82, 2.24) is 4.90 Å². The lowest BCUT2D eigenvalue weighted by molar-refractivity contribution is 0.0879. The third kappa shape index (κ3) is 2.66. The Morgan fingerprint density at radius 2 is 2.21 bits per heavy atom. The maximum Gasteiger partial charge on any atom is 0.0458 e. The Morgan fingerprint density at radius 1 is 1.53 bits per heavy atom. The maximum absolute atomic E-state index is 6.33. The van der Waals surface area contributed by atoms with Crippen LogP contribution in [0, 0.1) is 0 Å². The van der Waals surface area contributed by atoms with E-state index in [1.165, 1.54) is 11.3 Å². The number of halogens is 1. The van der Waals surface area contributed by atoms with E-state index in [4.69, 9.17) is 17.3 Å². The highest BCUT2D eigenvalue weighted by Crippen LogP contribution is 2.42. The van der Waals surface area contributed by atoms with Crippen molar-refractivity contribution in [2.75, 3.05) is 19.3 Å². The summed E-state index contributed by atoms with van der Waals surface area (Å²) in [6.45, 7) is 5.21. The molecule has 4 heteroatoms. The molecule has 1 heterocycles. The summed E-state index contributed by atoms with van der Waals surface area (Å²) in [5.74, 6) is 1.19. The molecular weight excluding hydrogens is 276 g/mol. The molecule has 3 atom stereocenters. The second kappa shape index (κ2) is 6.04. The van der Waals surface area contributed by atoms with E-state index in [9.17, 15) is 0 Å². The number of hydrogen-bond acceptors (Lipinski definition) is 3. The minimum Gasteiger partial charge on any atom is -0.329 e. The van der Waals surface area contributed by atoms with Gasteiger partial charge in [0.25, 0.3) is 0 Å². The van der Waals surface area contributed by atoms with Gasteiger partial charge in [-0.3, -0.25) is 4.90 Å². The van der Waals surface area contributed by atoms with Crippen molar-refractivity contribution >= 4 is 23.4 Å². The standard InChI is InChI=1S/C15H23ClN2S/c1-11(13-6-4-5-7-14(13)16)18(3)15(10-17)8-9-19-12(15)2/h4-7,11-12H,8-10,17H2,1-3H3. The van der Waals surface area contributed by atoms with E-state index in [0.29, 0.717) is 11.8 Å². The Balaban J connectivity index is 2.28. The summed E-state index contributed by atoms with van der Waals surface area (Å²) in [7, 11) is 2.18. The molecule has 1 aliphatic heterocycles. The zero-order valence-electron chi connectivity index (χ0n) is 11.9. The zero-order chi connectivity index (χ0) is 14.0. The highest BCUT2D eigenvalue weighted by atomic mass is 35.5. The van der Waals surface area contributed by atoms with E-state index in [2.05, 4.69) is 31.9 Å². The molecule has 0 aliphatic carbocycles. The summed E-state index contributed by atoms with van der Waals surface area (Å²) in [5, 5.41) is 1.40. The maximum atomic E-state index is 6.33. The fourth-order valence-electron chi connectivity index (χ4n) is 3.05. The van der Waals surface area contributed by atoms with Gasteiger partial charge in [0.05, 0.1) is 0 Å². The summed E-state index contributed by atoms with van der Waals surface area (Å²) in [6.07, 6.45) is 1.15. The first kappa shape index (κ1) is 15.2. The molecule has 0 saturated carbocycles. The molecular formula is C15H23ClN2S. The Labute approximate surface area is 125 Å². The quantitative estimate of drug-likeness (QED) is 0.921. The minimum atomic E-state index is 0.0866. The largest absolute Gasteiger partial charge is 0.329 e. The third-order valence-electron chi connectivity index (χ3n) is 4.65. The van der Waals surface area contributed by atoms with E-state index in [-0.39, 0.29) is 11.6 Å². The van der Waals surface area contributed by atoms with Gasteiger partial charge in [0.2, 0.25) is 0 Å². The summed E-state index contributed by atoms with van der Waals surface area (Å²) in [4.78, 5) is 2.43. The van der Waals surface area contributed by atoms with Crippen LogP contribution in [0.5, 0.6) is 0 Å². The van der Waals surface area contributed by atoms with Gasteiger partial charge >= 0.3 is 0 Å². The summed E-state index contributed by atoms with van der Waals surface area (Å²) in [5.41, 5.74) is 7.40. The lowest BCUT2D eigenvalue weighted by Gasteiger charge is -2.44. The van der Waals surface area contributed by atoms with E-state index >= 15 is 0 Å². The second-order valence-electron chi connectivity index (χ2n) is 5.38. The van der Waals surface area contributed by atoms with Gasteiger partial charge in [-0.15, -0.1) is 0 Å². The van der Waals surface area contributed by atoms with Crippen LogP contribution < -0.4 is 5.73 Å². The van der Waals surface area contributed by atoms with Gasteiger partial charge in [0, 0.05) is 28.4 Å². The summed E-state index contributed by atoms with van der Waals surface area (Å²) >= 11 is 8.35. The van der Waals surface area contributed by atoms with Crippen molar-refractivity contribution in [1.29, 1.82) is 0 Å². The fourth-order valence-corrected chi connectivity index (χ4v) is 4.86. The van der Waals surface area contributed by atoms with Crippen molar-refractivity contribution in [2.24, 2.45) is 5.73 Å². The summed E-state index contributed by atoms with van der Waals surface area (Å²) in [6, 6.07) is 8.38. The SMILES string of the molecule is CC(c1ccccc1Cl)N(C)C1(CN)CCSC1C. The van der Waals surface area contributed by atoms with Gasteiger partial charge in [-0.05, 0) is 37.8 Å². The molecule has 1 aromatic rings. The highest BCUT2D eigenvalue weighted by molar-refractivity contribution is 8.00. The van der Waals surface area contributed by atoms with Gasteiger partial charge in [0.15, 0.2) is 0 Å². The molecule has 1 saturated heterocycles. The number of nitrogens with zero attached hydrogens (tertiary/aromatic N) is 1. The van der Waals surface area contributed by atoms with Crippen molar-refractivity contribution in [3.05, 3.63) is 34.9 Å². The van der Waals surface area contributed by atoms with Crippen LogP contribution >= 0.6 is 23.4 Å². The molecule has 1 aromatic carbocycles.